The Morgan fingerprint density at radius 1 is 1.50 bits per heavy atom. The Labute approximate surface area is 118 Å². The van der Waals surface area contributed by atoms with Crippen LogP contribution >= 0.6 is 0 Å². The summed E-state index contributed by atoms with van der Waals surface area (Å²) >= 11 is 0. The largest absolute Gasteiger partial charge is 0.481 e. The molecule has 106 valence electrons. The molecule has 0 radical (unpaired) electrons. The van der Waals surface area contributed by atoms with Crippen LogP contribution in [0.3, 0.4) is 0 Å². The average molecular weight is 274 g/mol. The summed E-state index contributed by atoms with van der Waals surface area (Å²) in [6, 6.07) is 7.60. The maximum atomic E-state index is 11.6. The second-order valence-electron chi connectivity index (χ2n) is 5.21. The minimum atomic E-state index is -0.811. The van der Waals surface area contributed by atoms with E-state index in [1.807, 2.05) is 19.1 Å². The highest BCUT2D eigenvalue weighted by atomic mass is 16.5. The lowest BCUT2D eigenvalue weighted by atomic mass is 9.80. The standard InChI is InChI=1S/C15H18N2O3/c1-11-2-3-12(9-16)13(8-11)17-10-15(14(18)19)4-6-20-7-5-15/h2-3,8,17H,4-7,10H2,1H3,(H,18,19). The number of benzene rings is 1. The number of rotatable bonds is 4. The van der Waals surface area contributed by atoms with Crippen molar-refractivity contribution in [3.63, 3.8) is 0 Å². The summed E-state index contributed by atoms with van der Waals surface area (Å²) in [7, 11) is 0. The number of nitriles is 1. The van der Waals surface area contributed by atoms with Crippen LogP contribution in [-0.2, 0) is 9.53 Å². The summed E-state index contributed by atoms with van der Waals surface area (Å²) in [4.78, 5) is 11.6. The van der Waals surface area contributed by atoms with Crippen molar-refractivity contribution in [2.24, 2.45) is 5.41 Å². The van der Waals surface area contributed by atoms with E-state index in [0.717, 1.165) is 5.56 Å². The summed E-state index contributed by atoms with van der Waals surface area (Å²) in [5.41, 5.74) is 1.44. The summed E-state index contributed by atoms with van der Waals surface area (Å²) in [5.74, 6) is -0.806. The van der Waals surface area contributed by atoms with Gasteiger partial charge in [-0.1, -0.05) is 6.07 Å². The second-order valence-corrected chi connectivity index (χ2v) is 5.21. The minimum absolute atomic E-state index is 0.309. The molecule has 1 aromatic carbocycles. The van der Waals surface area contributed by atoms with E-state index in [9.17, 15) is 9.90 Å². The number of nitrogens with zero attached hydrogens (tertiary/aromatic N) is 1. The van der Waals surface area contributed by atoms with Gasteiger partial charge in [0.2, 0.25) is 0 Å². The fourth-order valence-corrected chi connectivity index (χ4v) is 2.39. The van der Waals surface area contributed by atoms with Crippen molar-refractivity contribution in [3.8, 4) is 6.07 Å². The lowest BCUT2D eigenvalue weighted by Crippen LogP contribution is -2.42. The van der Waals surface area contributed by atoms with Crippen LogP contribution in [0.4, 0.5) is 5.69 Å². The molecule has 2 N–H and O–H groups in total. The van der Waals surface area contributed by atoms with E-state index in [2.05, 4.69) is 11.4 Å². The average Bonchev–Trinajstić information content (AvgIpc) is 2.46. The highest BCUT2D eigenvalue weighted by Crippen LogP contribution is 2.31. The number of nitrogens with one attached hydrogen (secondary N) is 1. The number of carboxylic acid groups (broad SMARTS) is 1. The lowest BCUT2D eigenvalue weighted by Gasteiger charge is -2.33. The Morgan fingerprint density at radius 2 is 2.20 bits per heavy atom. The number of hydrogen-bond acceptors (Lipinski definition) is 4. The van der Waals surface area contributed by atoms with Crippen LogP contribution in [0.2, 0.25) is 0 Å². The Bertz CT molecular complexity index is 543. The van der Waals surface area contributed by atoms with Gasteiger partial charge >= 0.3 is 5.97 Å². The molecule has 1 saturated heterocycles. The second kappa shape index (κ2) is 5.93. The van der Waals surface area contributed by atoms with Gasteiger partial charge in [-0.3, -0.25) is 4.79 Å². The maximum absolute atomic E-state index is 11.6. The van der Waals surface area contributed by atoms with Crippen molar-refractivity contribution in [2.75, 3.05) is 25.1 Å². The van der Waals surface area contributed by atoms with Crippen LogP contribution in [-0.4, -0.2) is 30.8 Å². The van der Waals surface area contributed by atoms with Gasteiger partial charge in [0, 0.05) is 19.8 Å². The fraction of sp³-hybridized carbons (Fsp3) is 0.467. The molecule has 0 saturated carbocycles. The van der Waals surface area contributed by atoms with Gasteiger partial charge in [-0.05, 0) is 37.5 Å². The molecule has 0 bridgehead atoms. The topological polar surface area (TPSA) is 82.4 Å². The molecule has 5 heteroatoms. The molecule has 0 unspecified atom stereocenters. The number of carbonyl (C=O) groups is 1. The molecule has 0 aromatic heterocycles. The summed E-state index contributed by atoms with van der Waals surface area (Å²) in [6.45, 7) is 3.18. The summed E-state index contributed by atoms with van der Waals surface area (Å²) < 4.78 is 5.25. The van der Waals surface area contributed by atoms with Crippen molar-refractivity contribution >= 4 is 11.7 Å². The smallest absolute Gasteiger partial charge is 0.311 e. The van der Waals surface area contributed by atoms with Crippen molar-refractivity contribution in [1.29, 1.82) is 5.26 Å². The first-order valence-electron chi connectivity index (χ1n) is 6.63. The van der Waals surface area contributed by atoms with Gasteiger partial charge in [0.1, 0.15) is 6.07 Å². The zero-order chi connectivity index (χ0) is 14.6. The number of anilines is 1. The summed E-state index contributed by atoms with van der Waals surface area (Å²) in [5, 5.41) is 21.7. The third-order valence-corrected chi connectivity index (χ3v) is 3.82. The van der Waals surface area contributed by atoms with Crippen molar-refractivity contribution < 1.29 is 14.6 Å². The van der Waals surface area contributed by atoms with Crippen LogP contribution in [0.1, 0.15) is 24.0 Å². The minimum Gasteiger partial charge on any atom is -0.481 e. The van der Waals surface area contributed by atoms with E-state index in [1.54, 1.807) is 6.07 Å². The first kappa shape index (κ1) is 14.4. The first-order chi connectivity index (χ1) is 9.57. The van der Waals surface area contributed by atoms with Gasteiger partial charge in [0.25, 0.3) is 0 Å². The van der Waals surface area contributed by atoms with Crippen molar-refractivity contribution in [3.05, 3.63) is 29.3 Å². The van der Waals surface area contributed by atoms with Crippen LogP contribution in [0, 0.1) is 23.7 Å². The third-order valence-electron chi connectivity index (χ3n) is 3.82. The van der Waals surface area contributed by atoms with E-state index in [-0.39, 0.29) is 0 Å². The lowest BCUT2D eigenvalue weighted by molar-refractivity contribution is -0.153. The van der Waals surface area contributed by atoms with E-state index in [0.29, 0.717) is 43.9 Å². The molecule has 0 aliphatic carbocycles. The van der Waals surface area contributed by atoms with E-state index >= 15 is 0 Å². The molecule has 20 heavy (non-hydrogen) atoms. The molecule has 0 spiro atoms. The van der Waals surface area contributed by atoms with Crippen molar-refractivity contribution in [1.82, 2.24) is 0 Å². The summed E-state index contributed by atoms with van der Waals surface area (Å²) in [6.07, 6.45) is 0.978. The zero-order valence-electron chi connectivity index (χ0n) is 11.5. The van der Waals surface area contributed by atoms with E-state index in [1.165, 1.54) is 0 Å². The van der Waals surface area contributed by atoms with Gasteiger partial charge in [-0.2, -0.15) is 5.26 Å². The van der Waals surface area contributed by atoms with Gasteiger partial charge in [0.15, 0.2) is 0 Å². The molecule has 1 fully saturated rings. The number of carboxylic acids is 1. The molecule has 1 aliphatic rings. The predicted octanol–water partition coefficient (Wildman–Crippen LogP) is 2.16. The molecule has 0 atom stereocenters. The Balaban J connectivity index is 2.16. The quantitative estimate of drug-likeness (QED) is 0.879. The SMILES string of the molecule is Cc1ccc(C#N)c(NCC2(C(=O)O)CCOCC2)c1. The Hall–Kier alpha value is -2.06. The van der Waals surface area contributed by atoms with Crippen LogP contribution < -0.4 is 5.32 Å². The first-order valence-corrected chi connectivity index (χ1v) is 6.63. The monoisotopic (exact) mass is 274 g/mol. The van der Waals surface area contributed by atoms with Crippen LogP contribution in [0.5, 0.6) is 0 Å². The van der Waals surface area contributed by atoms with Gasteiger partial charge in [-0.15, -0.1) is 0 Å². The number of aliphatic carboxylic acids is 1. The highest BCUT2D eigenvalue weighted by molar-refractivity contribution is 5.76. The number of hydrogen-bond donors (Lipinski definition) is 2. The molecule has 0 amide bonds. The fourth-order valence-electron chi connectivity index (χ4n) is 2.39. The third kappa shape index (κ3) is 2.91. The Morgan fingerprint density at radius 3 is 2.80 bits per heavy atom. The normalized spacial score (nSPS) is 17.2. The van der Waals surface area contributed by atoms with E-state index in [4.69, 9.17) is 10.00 Å². The molecule has 1 heterocycles. The number of ether oxygens (including phenoxy) is 1. The van der Waals surface area contributed by atoms with Crippen LogP contribution in [0.25, 0.3) is 0 Å². The molecule has 1 aliphatic heterocycles. The van der Waals surface area contributed by atoms with Gasteiger partial charge in [0.05, 0.1) is 16.7 Å². The predicted molar refractivity (Wildman–Crippen MR) is 74.5 cm³/mol. The Kier molecular flexibility index (Phi) is 4.26. The number of aryl methyl sites for hydroxylation is 1. The maximum Gasteiger partial charge on any atom is 0.311 e. The molecule has 2 rings (SSSR count). The molecule has 5 nitrogen and oxygen atoms in total. The van der Waals surface area contributed by atoms with E-state index < -0.39 is 11.4 Å². The molecular weight excluding hydrogens is 256 g/mol. The van der Waals surface area contributed by atoms with Crippen molar-refractivity contribution in [2.45, 2.75) is 19.8 Å². The molecular formula is C15H18N2O3. The highest BCUT2D eigenvalue weighted by Gasteiger charge is 2.40. The van der Waals surface area contributed by atoms with Gasteiger partial charge < -0.3 is 15.2 Å². The van der Waals surface area contributed by atoms with Gasteiger partial charge in [-0.25, -0.2) is 0 Å². The van der Waals surface area contributed by atoms with Crippen LogP contribution in [0.15, 0.2) is 18.2 Å². The zero-order valence-corrected chi connectivity index (χ0v) is 11.5. The molecule has 1 aromatic rings.